The fraction of sp³-hybridized carbons (Fsp3) is 0.529. The molecule has 3 aromatic rings. The van der Waals surface area contributed by atoms with Crippen molar-refractivity contribution in [2.75, 3.05) is 26.2 Å². The van der Waals surface area contributed by atoms with Gasteiger partial charge >= 0.3 is 28.8 Å². The average Bonchev–Trinajstić information content (AvgIpc) is 3.45. The molecule has 0 radical (unpaired) electrons. The van der Waals surface area contributed by atoms with Gasteiger partial charge in [-0.05, 0) is 63.3 Å². The van der Waals surface area contributed by atoms with Crippen molar-refractivity contribution in [1.29, 1.82) is 0 Å². The van der Waals surface area contributed by atoms with E-state index in [1.165, 1.54) is 24.8 Å². The Labute approximate surface area is 289 Å². The minimum absolute atomic E-state index is 0.0777. The van der Waals surface area contributed by atoms with Gasteiger partial charge in [-0.1, -0.05) is 67.0 Å². The van der Waals surface area contributed by atoms with E-state index in [0.717, 1.165) is 60.4 Å². The van der Waals surface area contributed by atoms with Gasteiger partial charge in [0.05, 0.1) is 4.70 Å². The normalized spacial score (nSPS) is 14.2. The number of fused-ring (bicyclic) bond motifs is 1. The van der Waals surface area contributed by atoms with E-state index in [4.69, 9.17) is 0 Å². The predicted octanol–water partition coefficient (Wildman–Crippen LogP) is 5.84. The molecule has 1 saturated carbocycles. The molecule has 50 heavy (non-hydrogen) atoms. The van der Waals surface area contributed by atoms with Crippen LogP contribution in [-0.2, 0) is 27.2 Å². The van der Waals surface area contributed by atoms with Crippen LogP contribution in [0.3, 0.4) is 0 Å². The number of aromatic hydroxyl groups is 1. The summed E-state index contributed by atoms with van der Waals surface area (Å²) in [5.41, 5.74) is 2.78. The molecular weight excluding hydrogens is 690 g/mol. The first-order chi connectivity index (χ1) is 23.4. The van der Waals surface area contributed by atoms with E-state index in [0.29, 0.717) is 31.1 Å². The lowest BCUT2D eigenvalue weighted by Gasteiger charge is -2.35. The number of alkyl halides is 6. The van der Waals surface area contributed by atoms with Crippen LogP contribution in [0.15, 0.2) is 47.3 Å². The van der Waals surface area contributed by atoms with Crippen LogP contribution in [0.5, 0.6) is 5.75 Å². The highest BCUT2D eigenvalue weighted by Crippen LogP contribution is 2.28. The zero-order valence-corrected chi connectivity index (χ0v) is 28.6. The van der Waals surface area contributed by atoms with Crippen LogP contribution < -0.4 is 15.5 Å². The molecule has 1 heterocycles. The fourth-order valence-electron chi connectivity index (χ4n) is 5.80. The van der Waals surface area contributed by atoms with Gasteiger partial charge in [-0.3, -0.25) is 19.2 Å². The zero-order chi connectivity index (χ0) is 37.1. The van der Waals surface area contributed by atoms with Crippen molar-refractivity contribution in [3.05, 3.63) is 63.3 Å². The first-order valence-corrected chi connectivity index (χ1v) is 17.1. The van der Waals surface area contributed by atoms with Crippen LogP contribution in [-0.4, -0.2) is 82.6 Å². The molecule has 0 saturated heterocycles. The minimum atomic E-state index is -5.77. The molecule has 1 fully saturated rings. The summed E-state index contributed by atoms with van der Waals surface area (Å²) in [7, 11) is 0. The Morgan fingerprint density at radius 2 is 1.52 bits per heavy atom. The van der Waals surface area contributed by atoms with Crippen molar-refractivity contribution in [3.8, 4) is 5.75 Å². The maximum atomic E-state index is 13.4. The van der Waals surface area contributed by atoms with Gasteiger partial charge in [-0.15, -0.1) is 0 Å². The number of halogens is 6. The summed E-state index contributed by atoms with van der Waals surface area (Å²) >= 11 is 1.14. The molecule has 4 rings (SSSR count). The van der Waals surface area contributed by atoms with Crippen LogP contribution in [0.1, 0.15) is 63.5 Å². The highest BCUT2D eigenvalue weighted by atomic mass is 32.1. The number of Topliss-reactive ketones (excluding diaryl/α,β-unsaturated/α-hetero) is 2. The molecule has 1 aliphatic rings. The summed E-state index contributed by atoms with van der Waals surface area (Å²) in [6.45, 7) is 7.25. The third kappa shape index (κ3) is 12.5. The zero-order valence-electron chi connectivity index (χ0n) is 27.8. The molecule has 1 aromatic heterocycles. The molecule has 0 spiro atoms. The second-order valence-corrected chi connectivity index (χ2v) is 13.7. The van der Waals surface area contributed by atoms with Gasteiger partial charge in [0.15, 0.2) is 0 Å². The van der Waals surface area contributed by atoms with Crippen molar-refractivity contribution in [3.63, 3.8) is 0 Å². The smallest absolute Gasteiger partial charge is 0.458 e. The summed E-state index contributed by atoms with van der Waals surface area (Å²) < 4.78 is 67.8. The SMILES string of the molecule is CC(C)(Cc1ccccc1)NCCC(=O)N(CCNCCc1ccc(O)c2[nH]c(=O)sc12)C1CCCCC1.O=C(C(=O)C(F)(F)F)C(F)(F)F. The topological polar surface area (TPSA) is 132 Å². The Kier molecular flexibility index (Phi) is 14.6. The highest BCUT2D eigenvalue weighted by molar-refractivity contribution is 7.16. The number of carbonyl (C=O) groups excluding carboxylic acids is 3. The highest BCUT2D eigenvalue weighted by Gasteiger charge is 2.54. The number of hydrogen-bond donors (Lipinski definition) is 4. The van der Waals surface area contributed by atoms with Crippen molar-refractivity contribution in [1.82, 2.24) is 20.5 Å². The number of phenols is 1. The second kappa shape index (κ2) is 17.9. The molecule has 276 valence electrons. The monoisotopic (exact) mass is 732 g/mol. The van der Waals surface area contributed by atoms with E-state index in [2.05, 4.69) is 58.6 Å². The van der Waals surface area contributed by atoms with Crippen molar-refractivity contribution >= 4 is 39.0 Å². The molecular formula is C34H42F6N4O5S. The van der Waals surface area contributed by atoms with Gasteiger partial charge in [0.1, 0.15) is 11.3 Å². The Hall–Kier alpha value is -3.76. The number of rotatable bonds is 14. The van der Waals surface area contributed by atoms with E-state index in [1.54, 1.807) is 6.07 Å². The summed E-state index contributed by atoms with van der Waals surface area (Å²) in [5, 5.41) is 17.1. The van der Waals surface area contributed by atoms with E-state index in [-0.39, 0.29) is 22.1 Å². The van der Waals surface area contributed by atoms with Gasteiger partial charge < -0.3 is 25.6 Å². The number of nitrogens with zero attached hydrogens (tertiary/aromatic N) is 1. The summed E-state index contributed by atoms with van der Waals surface area (Å²) in [6.07, 6.45) is -3.52. The lowest BCUT2D eigenvalue weighted by molar-refractivity contribution is -0.193. The van der Waals surface area contributed by atoms with Crippen LogP contribution in [0.2, 0.25) is 0 Å². The Morgan fingerprint density at radius 3 is 2.12 bits per heavy atom. The average molecular weight is 733 g/mol. The number of benzene rings is 2. The lowest BCUT2D eigenvalue weighted by Crippen LogP contribution is -2.47. The van der Waals surface area contributed by atoms with Crippen LogP contribution in [0.25, 0.3) is 10.2 Å². The molecule has 0 unspecified atom stereocenters. The fourth-order valence-corrected chi connectivity index (χ4v) is 6.70. The van der Waals surface area contributed by atoms with Gasteiger partial charge in [0.25, 0.3) is 0 Å². The number of hydrogen-bond acceptors (Lipinski definition) is 8. The number of aromatic amines is 1. The lowest BCUT2D eigenvalue weighted by atomic mass is 9.93. The molecule has 1 amide bonds. The Balaban J connectivity index is 0.000000482. The number of ketones is 2. The van der Waals surface area contributed by atoms with Crippen molar-refractivity contribution in [2.45, 2.75) is 89.1 Å². The molecule has 16 heteroatoms. The van der Waals surface area contributed by atoms with E-state index < -0.39 is 23.9 Å². The van der Waals surface area contributed by atoms with Gasteiger partial charge in [0.2, 0.25) is 5.91 Å². The largest absolute Gasteiger partial charge is 0.506 e. The molecule has 0 aliphatic heterocycles. The number of nitrogens with one attached hydrogen (secondary N) is 3. The number of amides is 1. The molecule has 9 nitrogen and oxygen atoms in total. The molecule has 1 aliphatic carbocycles. The van der Waals surface area contributed by atoms with Crippen LogP contribution in [0, 0.1) is 0 Å². The molecule has 2 aromatic carbocycles. The summed E-state index contributed by atoms with van der Waals surface area (Å²) in [5.74, 6) is -6.47. The maximum Gasteiger partial charge on any atom is 0.458 e. The number of aromatic nitrogens is 1. The standard InChI is InChI=1S/C30H42N4O3S.C4F6O2/c1-30(2,21-22-9-5-3-6-10-22)32-18-16-26(36)34(24-11-7-4-8-12-24)20-19-31-17-15-23-13-14-25(35)27-28(23)38-29(37)33-27;5-3(6,7)1(11)2(12)4(8,9)10/h3,5-6,9-10,13-14,24,31-32,35H,4,7-8,11-12,15-21H2,1-2H3,(H,33,37);. The van der Waals surface area contributed by atoms with E-state index >= 15 is 0 Å². The summed E-state index contributed by atoms with van der Waals surface area (Å²) in [6, 6.07) is 14.3. The van der Waals surface area contributed by atoms with Gasteiger partial charge in [0, 0.05) is 37.6 Å². The number of thiazole rings is 1. The van der Waals surface area contributed by atoms with E-state index in [1.807, 2.05) is 12.1 Å². The third-order valence-electron chi connectivity index (χ3n) is 8.23. The maximum absolute atomic E-state index is 13.4. The van der Waals surface area contributed by atoms with Crippen LogP contribution >= 0.6 is 11.3 Å². The van der Waals surface area contributed by atoms with Gasteiger partial charge in [-0.25, -0.2) is 0 Å². The van der Waals surface area contributed by atoms with Gasteiger partial charge in [-0.2, -0.15) is 26.3 Å². The number of carbonyl (C=O) groups is 3. The first-order valence-electron chi connectivity index (χ1n) is 16.2. The number of phenolic OH excluding ortho intramolecular Hbond substituents is 1. The summed E-state index contributed by atoms with van der Waals surface area (Å²) in [4.78, 5) is 49.0. The van der Waals surface area contributed by atoms with Crippen LogP contribution in [0.4, 0.5) is 26.3 Å². The van der Waals surface area contributed by atoms with E-state index in [9.17, 15) is 50.6 Å². The molecule has 0 atom stereocenters. The first kappa shape index (κ1) is 40.7. The predicted molar refractivity (Wildman–Crippen MR) is 178 cm³/mol. The quantitative estimate of drug-likeness (QED) is 0.0931. The Bertz CT molecular complexity index is 1610. The third-order valence-corrected chi connectivity index (χ3v) is 9.19. The minimum Gasteiger partial charge on any atom is -0.506 e. The van der Waals surface area contributed by atoms with Crippen molar-refractivity contribution in [2.24, 2.45) is 0 Å². The molecule has 0 bridgehead atoms. The van der Waals surface area contributed by atoms with Crippen molar-refractivity contribution < 1.29 is 45.8 Å². The number of H-pyrrole nitrogens is 1. The molecule has 4 N–H and O–H groups in total. The Morgan fingerprint density at radius 1 is 0.900 bits per heavy atom. The second-order valence-electron chi connectivity index (χ2n) is 12.7.